The van der Waals surface area contributed by atoms with Gasteiger partial charge in [0.05, 0.1) is 0 Å². The Bertz CT molecular complexity index is 780. The molecule has 1 N–H and O–H groups in total. The summed E-state index contributed by atoms with van der Waals surface area (Å²) in [5.41, 5.74) is 2.52. The normalized spacial score (nSPS) is 14.5. The van der Waals surface area contributed by atoms with Gasteiger partial charge in [-0.3, -0.25) is 9.69 Å². The van der Waals surface area contributed by atoms with E-state index >= 15 is 0 Å². The summed E-state index contributed by atoms with van der Waals surface area (Å²) in [4.78, 5) is 14.8. The van der Waals surface area contributed by atoms with E-state index in [1.165, 1.54) is 5.56 Å². The molecule has 1 amide bonds. The lowest BCUT2D eigenvalue weighted by atomic mass is 10.1. The second kappa shape index (κ2) is 7.38. The molecule has 1 heterocycles. The Morgan fingerprint density at radius 2 is 1.65 bits per heavy atom. The van der Waals surface area contributed by atoms with Gasteiger partial charge in [-0.05, 0) is 42.9 Å². The summed E-state index contributed by atoms with van der Waals surface area (Å²) in [6.07, 6.45) is 0. The van der Waals surface area contributed by atoms with E-state index in [1.807, 2.05) is 50.2 Å². The lowest BCUT2D eigenvalue weighted by molar-refractivity contribution is -0.0431. The quantitative estimate of drug-likeness (QED) is 0.841. The maximum absolute atomic E-state index is 12.5. The van der Waals surface area contributed by atoms with E-state index in [1.54, 1.807) is 6.07 Å². The molecule has 2 aromatic rings. The molecule has 0 aromatic heterocycles. The SMILES string of the molecule is CCN(CC)Cc1ccc(C(=O)Nc2ccc3c(c2)OC(C)(C)O3)cc1. The molecule has 138 valence electrons. The molecule has 0 saturated heterocycles. The van der Waals surface area contributed by atoms with E-state index in [0.717, 1.165) is 19.6 Å². The van der Waals surface area contributed by atoms with Gasteiger partial charge >= 0.3 is 0 Å². The zero-order valence-corrected chi connectivity index (χ0v) is 15.8. The van der Waals surface area contributed by atoms with Gasteiger partial charge in [0.25, 0.3) is 5.91 Å². The third-order valence-electron chi connectivity index (χ3n) is 4.43. The maximum Gasteiger partial charge on any atom is 0.255 e. The van der Waals surface area contributed by atoms with E-state index in [0.29, 0.717) is 22.7 Å². The van der Waals surface area contributed by atoms with Crippen LogP contribution < -0.4 is 14.8 Å². The molecular weight excluding hydrogens is 328 g/mol. The van der Waals surface area contributed by atoms with Crippen molar-refractivity contribution < 1.29 is 14.3 Å². The number of nitrogens with one attached hydrogen (secondary N) is 1. The number of amides is 1. The first-order chi connectivity index (χ1) is 12.4. The molecule has 1 aliphatic heterocycles. The zero-order chi connectivity index (χ0) is 18.7. The first-order valence-corrected chi connectivity index (χ1v) is 9.05. The molecule has 5 nitrogen and oxygen atoms in total. The van der Waals surface area contributed by atoms with Crippen LogP contribution in [0.1, 0.15) is 43.6 Å². The molecule has 5 heteroatoms. The molecule has 0 spiro atoms. The van der Waals surface area contributed by atoms with Crippen molar-refractivity contribution >= 4 is 11.6 Å². The Kier molecular flexibility index (Phi) is 5.18. The first-order valence-electron chi connectivity index (χ1n) is 9.05. The van der Waals surface area contributed by atoms with Crippen LogP contribution in [0.3, 0.4) is 0 Å². The van der Waals surface area contributed by atoms with Crippen LogP contribution in [0.25, 0.3) is 0 Å². The van der Waals surface area contributed by atoms with Gasteiger partial charge in [-0.2, -0.15) is 0 Å². The van der Waals surface area contributed by atoms with Gasteiger partial charge in [0.1, 0.15) is 0 Å². The number of carbonyl (C=O) groups excluding carboxylic acids is 1. The van der Waals surface area contributed by atoms with Crippen LogP contribution in [-0.2, 0) is 6.54 Å². The predicted molar refractivity (Wildman–Crippen MR) is 103 cm³/mol. The van der Waals surface area contributed by atoms with Crippen LogP contribution in [0.5, 0.6) is 11.5 Å². The first kappa shape index (κ1) is 18.3. The topological polar surface area (TPSA) is 50.8 Å². The van der Waals surface area contributed by atoms with Gasteiger partial charge in [-0.25, -0.2) is 0 Å². The number of hydrogen-bond acceptors (Lipinski definition) is 4. The average molecular weight is 354 g/mol. The highest BCUT2D eigenvalue weighted by Gasteiger charge is 2.31. The van der Waals surface area contributed by atoms with Gasteiger partial charge in [-0.15, -0.1) is 0 Å². The summed E-state index contributed by atoms with van der Waals surface area (Å²) in [6.45, 7) is 10.9. The third-order valence-corrected chi connectivity index (χ3v) is 4.43. The number of fused-ring (bicyclic) bond motifs is 1. The van der Waals surface area contributed by atoms with E-state index < -0.39 is 5.79 Å². The molecule has 1 aliphatic rings. The van der Waals surface area contributed by atoms with Gasteiger partial charge < -0.3 is 14.8 Å². The number of benzene rings is 2. The number of carbonyl (C=O) groups is 1. The van der Waals surface area contributed by atoms with Crippen molar-refractivity contribution in [3.63, 3.8) is 0 Å². The second-order valence-electron chi connectivity index (χ2n) is 6.88. The molecule has 0 bridgehead atoms. The van der Waals surface area contributed by atoms with Crippen molar-refractivity contribution in [3.8, 4) is 11.5 Å². The van der Waals surface area contributed by atoms with Crippen molar-refractivity contribution in [1.29, 1.82) is 0 Å². The third kappa shape index (κ3) is 4.17. The lowest BCUT2D eigenvalue weighted by Crippen LogP contribution is -2.29. The van der Waals surface area contributed by atoms with Gasteiger partial charge in [0.15, 0.2) is 11.5 Å². The minimum Gasteiger partial charge on any atom is -0.449 e. The number of ether oxygens (including phenoxy) is 2. The monoisotopic (exact) mass is 354 g/mol. The largest absolute Gasteiger partial charge is 0.449 e. The van der Waals surface area contributed by atoms with Crippen LogP contribution in [0.2, 0.25) is 0 Å². The Labute approximate surface area is 154 Å². The molecule has 26 heavy (non-hydrogen) atoms. The van der Waals surface area contributed by atoms with Crippen molar-refractivity contribution in [3.05, 3.63) is 53.6 Å². The minimum atomic E-state index is -0.675. The molecule has 2 aromatic carbocycles. The van der Waals surface area contributed by atoms with E-state index in [-0.39, 0.29) is 5.91 Å². The van der Waals surface area contributed by atoms with Crippen molar-refractivity contribution in [2.75, 3.05) is 18.4 Å². The highest BCUT2D eigenvalue weighted by Crippen LogP contribution is 2.40. The molecule has 0 unspecified atom stereocenters. The van der Waals surface area contributed by atoms with Gasteiger partial charge in [0.2, 0.25) is 5.79 Å². The molecular formula is C21H26N2O3. The fourth-order valence-electron chi connectivity index (χ4n) is 2.97. The summed E-state index contributed by atoms with van der Waals surface area (Å²) in [7, 11) is 0. The molecule has 0 radical (unpaired) electrons. The standard InChI is InChI=1S/C21H26N2O3/c1-5-23(6-2)14-15-7-9-16(10-8-15)20(24)22-17-11-12-18-19(13-17)26-21(3,4)25-18/h7-13H,5-6,14H2,1-4H3,(H,22,24). The van der Waals surface area contributed by atoms with Gasteiger partial charge in [-0.1, -0.05) is 26.0 Å². The summed E-state index contributed by atoms with van der Waals surface area (Å²) >= 11 is 0. The average Bonchev–Trinajstić information content (AvgIpc) is 2.93. The summed E-state index contributed by atoms with van der Waals surface area (Å²) < 4.78 is 11.4. The van der Waals surface area contributed by atoms with Crippen LogP contribution in [-0.4, -0.2) is 29.7 Å². The molecule has 0 fully saturated rings. The second-order valence-corrected chi connectivity index (χ2v) is 6.88. The number of rotatable bonds is 6. The van der Waals surface area contributed by atoms with Crippen molar-refractivity contribution in [2.24, 2.45) is 0 Å². The Morgan fingerprint density at radius 3 is 2.31 bits per heavy atom. The van der Waals surface area contributed by atoms with E-state index in [9.17, 15) is 4.79 Å². The minimum absolute atomic E-state index is 0.141. The maximum atomic E-state index is 12.5. The molecule has 3 rings (SSSR count). The van der Waals surface area contributed by atoms with Crippen LogP contribution >= 0.6 is 0 Å². The van der Waals surface area contributed by atoms with Gasteiger partial charge in [0, 0.05) is 37.7 Å². The Balaban J connectivity index is 1.65. The highest BCUT2D eigenvalue weighted by atomic mass is 16.7. The zero-order valence-electron chi connectivity index (χ0n) is 15.8. The predicted octanol–water partition coefficient (Wildman–Crippen LogP) is 4.29. The highest BCUT2D eigenvalue weighted by molar-refractivity contribution is 6.04. The van der Waals surface area contributed by atoms with Crippen molar-refractivity contribution in [1.82, 2.24) is 4.90 Å². The van der Waals surface area contributed by atoms with Crippen molar-refractivity contribution in [2.45, 2.75) is 40.0 Å². The van der Waals surface area contributed by atoms with Crippen LogP contribution in [0, 0.1) is 0 Å². The molecule has 0 aliphatic carbocycles. The summed E-state index contributed by atoms with van der Waals surface area (Å²) in [5, 5.41) is 2.91. The molecule has 0 atom stereocenters. The Hall–Kier alpha value is -2.53. The Morgan fingerprint density at radius 1 is 1.00 bits per heavy atom. The smallest absolute Gasteiger partial charge is 0.255 e. The fourth-order valence-corrected chi connectivity index (χ4v) is 2.97. The molecule has 0 saturated carbocycles. The summed E-state index contributed by atoms with van der Waals surface area (Å²) in [5.74, 6) is 0.514. The van der Waals surface area contributed by atoms with E-state index in [4.69, 9.17) is 9.47 Å². The van der Waals surface area contributed by atoms with Crippen LogP contribution in [0.4, 0.5) is 5.69 Å². The lowest BCUT2D eigenvalue weighted by Gasteiger charge is -2.18. The van der Waals surface area contributed by atoms with E-state index in [2.05, 4.69) is 24.1 Å². The number of nitrogens with zero attached hydrogens (tertiary/aromatic N) is 1. The fraction of sp³-hybridized carbons (Fsp3) is 0.381. The van der Waals surface area contributed by atoms with Crippen LogP contribution in [0.15, 0.2) is 42.5 Å². The number of hydrogen-bond donors (Lipinski definition) is 1. The number of anilines is 1. The summed E-state index contributed by atoms with van der Waals surface area (Å²) in [6, 6.07) is 13.2.